The summed E-state index contributed by atoms with van der Waals surface area (Å²) in [4.78, 5) is 12.0. The second-order valence-corrected chi connectivity index (χ2v) is 8.53. The molecule has 0 fully saturated rings. The average Bonchev–Trinajstić information content (AvgIpc) is 2.76. The van der Waals surface area contributed by atoms with Gasteiger partial charge in [-0.1, -0.05) is 38.1 Å². The molecule has 3 nitrogen and oxygen atoms in total. The standard InChI is InChI=1S/C26H24F5NO2/c1-15(2)9-23(25(33)34)19-10-18(16-3-6-20(7-4-16)26(29,30)31)11-22(12-19)32-14-17-5-8-21(27)13-24(17)28/h3-8,10-13,15,23,32H,9,14H2,1-2H3,(H,33,34). The van der Waals surface area contributed by atoms with Gasteiger partial charge in [0.2, 0.25) is 0 Å². The molecule has 3 aromatic carbocycles. The highest BCUT2D eigenvalue weighted by atomic mass is 19.4. The molecule has 0 amide bonds. The molecule has 1 unspecified atom stereocenters. The van der Waals surface area contributed by atoms with E-state index < -0.39 is 35.3 Å². The molecule has 0 saturated carbocycles. The molecule has 0 heterocycles. The number of hydrogen-bond donors (Lipinski definition) is 2. The molecule has 34 heavy (non-hydrogen) atoms. The van der Waals surface area contributed by atoms with Crippen molar-refractivity contribution in [2.75, 3.05) is 5.32 Å². The molecule has 3 rings (SSSR count). The maximum atomic E-state index is 14.0. The van der Waals surface area contributed by atoms with Crippen LogP contribution < -0.4 is 5.32 Å². The number of rotatable bonds is 8. The summed E-state index contributed by atoms with van der Waals surface area (Å²) < 4.78 is 66.1. The number of nitrogens with one attached hydrogen (secondary N) is 1. The molecule has 8 heteroatoms. The number of alkyl halides is 3. The van der Waals surface area contributed by atoms with E-state index in [2.05, 4.69) is 5.32 Å². The van der Waals surface area contributed by atoms with Crippen LogP contribution in [-0.2, 0) is 17.5 Å². The van der Waals surface area contributed by atoms with E-state index in [-0.39, 0.29) is 18.0 Å². The fourth-order valence-electron chi connectivity index (χ4n) is 3.69. The Balaban J connectivity index is 2.01. The molecular formula is C26H24F5NO2. The van der Waals surface area contributed by atoms with Crippen LogP contribution in [0.15, 0.2) is 60.7 Å². The summed E-state index contributed by atoms with van der Waals surface area (Å²) in [6.07, 6.45) is -4.12. The van der Waals surface area contributed by atoms with Crippen LogP contribution in [0.1, 0.15) is 42.9 Å². The van der Waals surface area contributed by atoms with Crippen molar-refractivity contribution in [3.8, 4) is 11.1 Å². The lowest BCUT2D eigenvalue weighted by Gasteiger charge is -2.19. The number of halogens is 5. The minimum atomic E-state index is -4.47. The van der Waals surface area contributed by atoms with Gasteiger partial charge in [-0.25, -0.2) is 8.78 Å². The lowest BCUT2D eigenvalue weighted by molar-refractivity contribution is -0.139. The summed E-state index contributed by atoms with van der Waals surface area (Å²) >= 11 is 0. The lowest BCUT2D eigenvalue weighted by atomic mass is 9.88. The van der Waals surface area contributed by atoms with E-state index in [1.807, 2.05) is 13.8 Å². The van der Waals surface area contributed by atoms with Gasteiger partial charge >= 0.3 is 12.1 Å². The molecule has 2 N–H and O–H groups in total. The fraction of sp³-hybridized carbons (Fsp3) is 0.269. The van der Waals surface area contributed by atoms with E-state index in [0.717, 1.165) is 24.3 Å². The predicted molar refractivity (Wildman–Crippen MR) is 120 cm³/mol. The van der Waals surface area contributed by atoms with Crippen molar-refractivity contribution < 1.29 is 31.9 Å². The Morgan fingerprint density at radius 1 is 0.941 bits per heavy atom. The number of carboxylic acid groups (broad SMARTS) is 1. The van der Waals surface area contributed by atoms with Crippen LogP contribution in [0.4, 0.5) is 27.6 Å². The molecule has 0 aliphatic heterocycles. The maximum Gasteiger partial charge on any atom is 0.416 e. The molecular weight excluding hydrogens is 453 g/mol. The zero-order valence-corrected chi connectivity index (χ0v) is 18.6. The Morgan fingerprint density at radius 3 is 2.18 bits per heavy atom. The predicted octanol–water partition coefficient (Wildman–Crippen LogP) is 7.48. The SMILES string of the molecule is CC(C)CC(C(=O)O)c1cc(NCc2ccc(F)cc2F)cc(-c2ccc(C(F)(F)F)cc2)c1. The average molecular weight is 477 g/mol. The smallest absolute Gasteiger partial charge is 0.416 e. The van der Waals surface area contributed by atoms with Crippen LogP contribution >= 0.6 is 0 Å². The summed E-state index contributed by atoms with van der Waals surface area (Å²) in [5, 5.41) is 12.8. The van der Waals surface area contributed by atoms with Crippen molar-refractivity contribution in [3.63, 3.8) is 0 Å². The Morgan fingerprint density at radius 2 is 1.62 bits per heavy atom. The topological polar surface area (TPSA) is 49.3 Å². The molecule has 0 aliphatic rings. The van der Waals surface area contributed by atoms with Crippen molar-refractivity contribution in [1.82, 2.24) is 0 Å². The monoisotopic (exact) mass is 477 g/mol. The molecule has 0 saturated heterocycles. The van der Waals surface area contributed by atoms with Gasteiger partial charge in [0, 0.05) is 23.9 Å². The normalized spacial score (nSPS) is 12.6. The van der Waals surface area contributed by atoms with Crippen molar-refractivity contribution in [2.45, 2.75) is 38.9 Å². The molecule has 180 valence electrons. The Labute approximate surface area is 194 Å². The van der Waals surface area contributed by atoms with E-state index in [9.17, 15) is 31.9 Å². The molecule has 0 spiro atoms. The molecule has 0 aliphatic carbocycles. The number of benzene rings is 3. The van der Waals surface area contributed by atoms with Gasteiger partial charge in [0.05, 0.1) is 11.5 Å². The minimum Gasteiger partial charge on any atom is -0.481 e. The second kappa shape index (κ2) is 10.2. The van der Waals surface area contributed by atoms with Gasteiger partial charge in [-0.3, -0.25) is 4.79 Å². The summed E-state index contributed by atoms with van der Waals surface area (Å²) in [5.74, 6) is -3.20. The summed E-state index contributed by atoms with van der Waals surface area (Å²) in [5.41, 5.74) is 1.34. The number of carbonyl (C=O) groups is 1. The molecule has 0 bridgehead atoms. The van der Waals surface area contributed by atoms with E-state index in [4.69, 9.17) is 0 Å². The minimum absolute atomic E-state index is 0.00391. The zero-order chi connectivity index (χ0) is 25.0. The summed E-state index contributed by atoms with van der Waals surface area (Å²) in [7, 11) is 0. The highest BCUT2D eigenvalue weighted by Gasteiger charge is 2.30. The molecule has 0 aromatic heterocycles. The summed E-state index contributed by atoms with van der Waals surface area (Å²) in [6.45, 7) is 3.79. The number of carboxylic acids is 1. The van der Waals surface area contributed by atoms with E-state index >= 15 is 0 Å². The van der Waals surface area contributed by atoms with Gasteiger partial charge < -0.3 is 10.4 Å². The van der Waals surface area contributed by atoms with E-state index in [1.165, 1.54) is 18.2 Å². The first-order valence-corrected chi connectivity index (χ1v) is 10.7. The van der Waals surface area contributed by atoms with Crippen molar-refractivity contribution >= 4 is 11.7 Å². The Kier molecular flexibility index (Phi) is 7.59. The van der Waals surface area contributed by atoms with E-state index in [0.29, 0.717) is 28.8 Å². The first kappa shape index (κ1) is 25.2. The highest BCUT2D eigenvalue weighted by molar-refractivity contribution is 5.79. The maximum absolute atomic E-state index is 14.0. The van der Waals surface area contributed by atoms with Crippen LogP contribution in [0.25, 0.3) is 11.1 Å². The summed E-state index contributed by atoms with van der Waals surface area (Å²) in [6, 6.07) is 12.7. The van der Waals surface area contributed by atoms with Gasteiger partial charge in [0.25, 0.3) is 0 Å². The molecule has 3 aromatic rings. The number of hydrogen-bond acceptors (Lipinski definition) is 2. The number of anilines is 1. The second-order valence-electron chi connectivity index (χ2n) is 8.53. The van der Waals surface area contributed by atoms with Gasteiger partial charge in [-0.2, -0.15) is 13.2 Å². The third kappa shape index (κ3) is 6.34. The third-order valence-electron chi connectivity index (χ3n) is 5.41. The Hall–Kier alpha value is -3.42. The molecule has 1 atom stereocenters. The van der Waals surface area contributed by atoms with Gasteiger partial charge in [0.15, 0.2) is 0 Å². The van der Waals surface area contributed by atoms with Crippen LogP contribution in [0.2, 0.25) is 0 Å². The van der Waals surface area contributed by atoms with Crippen LogP contribution in [0, 0.1) is 17.6 Å². The van der Waals surface area contributed by atoms with Crippen LogP contribution in [0.5, 0.6) is 0 Å². The third-order valence-corrected chi connectivity index (χ3v) is 5.41. The highest BCUT2D eigenvalue weighted by Crippen LogP contribution is 2.34. The van der Waals surface area contributed by atoms with Crippen molar-refractivity contribution in [2.24, 2.45) is 5.92 Å². The van der Waals surface area contributed by atoms with Crippen molar-refractivity contribution in [1.29, 1.82) is 0 Å². The van der Waals surface area contributed by atoms with Crippen molar-refractivity contribution in [3.05, 3.63) is 89.0 Å². The van der Waals surface area contributed by atoms with E-state index in [1.54, 1.807) is 18.2 Å². The fourth-order valence-corrected chi connectivity index (χ4v) is 3.69. The number of aliphatic carboxylic acids is 1. The van der Waals surface area contributed by atoms with Crippen LogP contribution in [-0.4, -0.2) is 11.1 Å². The quantitative estimate of drug-likeness (QED) is 0.331. The van der Waals surface area contributed by atoms with Gasteiger partial charge in [-0.15, -0.1) is 0 Å². The zero-order valence-electron chi connectivity index (χ0n) is 18.6. The lowest BCUT2D eigenvalue weighted by Crippen LogP contribution is -2.14. The first-order valence-electron chi connectivity index (χ1n) is 10.7. The largest absolute Gasteiger partial charge is 0.481 e. The van der Waals surface area contributed by atoms with Crippen LogP contribution in [0.3, 0.4) is 0 Å². The first-order chi connectivity index (χ1) is 15.9. The Bertz CT molecular complexity index is 1160. The van der Waals surface area contributed by atoms with Gasteiger partial charge in [0.1, 0.15) is 11.6 Å². The molecule has 0 radical (unpaired) electrons. The van der Waals surface area contributed by atoms with Gasteiger partial charge in [-0.05, 0) is 59.4 Å².